The minimum Gasteiger partial charge on any atom is -0.392 e. The van der Waals surface area contributed by atoms with Crippen LogP contribution in [0.15, 0.2) is 54.9 Å². The molecule has 0 bridgehead atoms. The highest BCUT2D eigenvalue weighted by Crippen LogP contribution is 2.32. The van der Waals surface area contributed by atoms with Crippen molar-refractivity contribution in [1.82, 2.24) is 10.3 Å². The van der Waals surface area contributed by atoms with Gasteiger partial charge in [0.1, 0.15) is 0 Å². The van der Waals surface area contributed by atoms with Gasteiger partial charge in [0.2, 0.25) is 0 Å². The van der Waals surface area contributed by atoms with E-state index in [0.717, 1.165) is 53.7 Å². The van der Waals surface area contributed by atoms with Crippen molar-refractivity contribution in [3.63, 3.8) is 0 Å². The van der Waals surface area contributed by atoms with Gasteiger partial charge in [-0.1, -0.05) is 18.2 Å². The predicted molar refractivity (Wildman–Crippen MR) is 103 cm³/mol. The minimum atomic E-state index is 0.0610. The molecule has 4 rings (SSSR count). The number of pyridine rings is 1. The van der Waals surface area contributed by atoms with Gasteiger partial charge in [-0.05, 0) is 72.3 Å². The summed E-state index contributed by atoms with van der Waals surface area (Å²) in [5.41, 5.74) is 4.35. The van der Waals surface area contributed by atoms with E-state index in [2.05, 4.69) is 45.9 Å². The first-order valence-electron chi connectivity index (χ1n) is 8.89. The maximum absolute atomic E-state index is 9.43. The standard InChI is InChI=1S/C21H23N3O/c25-14-15-2-1-3-16(10-15)18-11-17-4-7-23-13-20(17)21(12-18)24-19-5-8-22-9-6-19/h1-4,7,10-13,19,22,24-25H,5-6,8-9,14H2. The average Bonchev–Trinajstić information content (AvgIpc) is 2.69. The molecule has 1 aliphatic rings. The summed E-state index contributed by atoms with van der Waals surface area (Å²) in [6.45, 7) is 2.18. The average molecular weight is 333 g/mol. The maximum atomic E-state index is 9.43. The Kier molecular flexibility index (Phi) is 4.63. The second-order valence-electron chi connectivity index (χ2n) is 6.65. The molecule has 0 saturated carbocycles. The zero-order valence-electron chi connectivity index (χ0n) is 14.2. The first-order valence-corrected chi connectivity index (χ1v) is 8.89. The Bertz CT molecular complexity index is 872. The lowest BCUT2D eigenvalue weighted by molar-refractivity contribution is 0.282. The van der Waals surface area contributed by atoms with E-state index in [9.17, 15) is 5.11 Å². The molecule has 1 saturated heterocycles. The summed E-state index contributed by atoms with van der Waals surface area (Å²) in [4.78, 5) is 4.31. The van der Waals surface area contributed by atoms with E-state index in [0.29, 0.717) is 6.04 Å². The molecule has 1 aromatic heterocycles. The van der Waals surface area contributed by atoms with Crippen LogP contribution in [0.25, 0.3) is 21.9 Å². The predicted octanol–water partition coefficient (Wildman–Crippen LogP) is 3.56. The molecule has 2 heterocycles. The van der Waals surface area contributed by atoms with E-state index < -0.39 is 0 Å². The number of fused-ring (bicyclic) bond motifs is 1. The Morgan fingerprint density at radius 2 is 1.96 bits per heavy atom. The molecule has 25 heavy (non-hydrogen) atoms. The molecule has 0 unspecified atom stereocenters. The van der Waals surface area contributed by atoms with E-state index in [-0.39, 0.29) is 6.61 Å². The van der Waals surface area contributed by atoms with Gasteiger partial charge in [-0.25, -0.2) is 0 Å². The van der Waals surface area contributed by atoms with Gasteiger partial charge in [0.15, 0.2) is 0 Å². The molecule has 4 nitrogen and oxygen atoms in total. The SMILES string of the molecule is OCc1cccc(-c2cc(NC3CCNCC3)c3cnccc3c2)c1. The van der Waals surface area contributed by atoms with Crippen LogP contribution in [0.2, 0.25) is 0 Å². The summed E-state index contributed by atoms with van der Waals surface area (Å²) >= 11 is 0. The highest BCUT2D eigenvalue weighted by Gasteiger charge is 2.15. The first kappa shape index (κ1) is 16.1. The van der Waals surface area contributed by atoms with Gasteiger partial charge in [-0.15, -0.1) is 0 Å². The molecule has 1 aliphatic heterocycles. The summed E-state index contributed by atoms with van der Waals surface area (Å²) in [7, 11) is 0. The Labute approximate surface area is 147 Å². The number of rotatable bonds is 4. The quantitative estimate of drug-likeness (QED) is 0.683. The second kappa shape index (κ2) is 7.21. The molecule has 128 valence electrons. The topological polar surface area (TPSA) is 57.2 Å². The number of piperidine rings is 1. The van der Waals surface area contributed by atoms with Gasteiger partial charge in [0, 0.05) is 29.5 Å². The number of aliphatic hydroxyl groups is 1. The fraction of sp³-hybridized carbons (Fsp3) is 0.286. The van der Waals surface area contributed by atoms with E-state index in [1.165, 1.54) is 5.39 Å². The molecule has 0 amide bonds. The first-order chi connectivity index (χ1) is 12.3. The van der Waals surface area contributed by atoms with Gasteiger partial charge >= 0.3 is 0 Å². The number of benzene rings is 2. The van der Waals surface area contributed by atoms with Gasteiger partial charge in [-0.3, -0.25) is 4.98 Å². The Hall–Kier alpha value is -2.43. The van der Waals surface area contributed by atoms with Gasteiger partial charge in [0.25, 0.3) is 0 Å². The summed E-state index contributed by atoms with van der Waals surface area (Å²) in [6.07, 6.45) is 6.04. The van der Waals surface area contributed by atoms with Gasteiger partial charge < -0.3 is 15.7 Å². The number of aromatic nitrogens is 1. The molecule has 2 aromatic carbocycles. The molecule has 0 radical (unpaired) electrons. The van der Waals surface area contributed by atoms with Gasteiger partial charge in [0.05, 0.1) is 6.61 Å². The normalized spacial score (nSPS) is 15.4. The number of anilines is 1. The van der Waals surface area contributed by atoms with Crippen LogP contribution in [0.1, 0.15) is 18.4 Å². The van der Waals surface area contributed by atoms with Crippen molar-refractivity contribution < 1.29 is 5.11 Å². The van der Waals surface area contributed by atoms with Crippen LogP contribution in [-0.4, -0.2) is 29.2 Å². The molecule has 0 atom stereocenters. The zero-order chi connectivity index (χ0) is 17.1. The number of nitrogens with zero attached hydrogens (tertiary/aromatic N) is 1. The summed E-state index contributed by atoms with van der Waals surface area (Å²) in [6, 6.07) is 15.0. The van der Waals surface area contributed by atoms with Crippen molar-refractivity contribution in [2.45, 2.75) is 25.5 Å². The van der Waals surface area contributed by atoms with E-state index in [1.807, 2.05) is 24.5 Å². The third-order valence-corrected chi connectivity index (χ3v) is 4.90. The lowest BCUT2D eigenvalue weighted by atomic mass is 9.98. The highest BCUT2D eigenvalue weighted by atomic mass is 16.3. The van der Waals surface area contributed by atoms with Crippen molar-refractivity contribution in [2.75, 3.05) is 18.4 Å². The zero-order valence-corrected chi connectivity index (χ0v) is 14.2. The Balaban J connectivity index is 1.77. The molecule has 3 aromatic rings. The van der Waals surface area contributed by atoms with Crippen molar-refractivity contribution in [1.29, 1.82) is 0 Å². The molecule has 3 N–H and O–H groups in total. The fourth-order valence-corrected chi connectivity index (χ4v) is 3.52. The van der Waals surface area contributed by atoms with Crippen LogP contribution in [0.4, 0.5) is 5.69 Å². The minimum absolute atomic E-state index is 0.0610. The van der Waals surface area contributed by atoms with Crippen LogP contribution >= 0.6 is 0 Å². The van der Waals surface area contributed by atoms with E-state index >= 15 is 0 Å². The molecule has 4 heteroatoms. The molecule has 0 aliphatic carbocycles. The largest absolute Gasteiger partial charge is 0.392 e. The maximum Gasteiger partial charge on any atom is 0.0682 e. The second-order valence-corrected chi connectivity index (χ2v) is 6.65. The van der Waals surface area contributed by atoms with Crippen molar-refractivity contribution in [3.05, 3.63) is 60.4 Å². The number of aliphatic hydroxyl groups excluding tert-OH is 1. The van der Waals surface area contributed by atoms with Crippen LogP contribution in [0, 0.1) is 0 Å². The molecule has 1 fully saturated rings. The fourth-order valence-electron chi connectivity index (χ4n) is 3.52. The smallest absolute Gasteiger partial charge is 0.0682 e. The van der Waals surface area contributed by atoms with Crippen molar-refractivity contribution in [2.24, 2.45) is 0 Å². The Morgan fingerprint density at radius 1 is 1.08 bits per heavy atom. The van der Waals surface area contributed by atoms with Crippen molar-refractivity contribution in [3.8, 4) is 11.1 Å². The Morgan fingerprint density at radius 3 is 2.80 bits per heavy atom. The summed E-state index contributed by atoms with van der Waals surface area (Å²) in [5, 5.41) is 18.9. The van der Waals surface area contributed by atoms with Crippen LogP contribution < -0.4 is 10.6 Å². The monoisotopic (exact) mass is 333 g/mol. The lowest BCUT2D eigenvalue weighted by Crippen LogP contribution is -2.35. The lowest BCUT2D eigenvalue weighted by Gasteiger charge is -2.25. The van der Waals surface area contributed by atoms with Crippen molar-refractivity contribution >= 4 is 16.5 Å². The van der Waals surface area contributed by atoms with Crippen LogP contribution in [0.3, 0.4) is 0 Å². The summed E-state index contributed by atoms with van der Waals surface area (Å²) < 4.78 is 0. The van der Waals surface area contributed by atoms with Crippen LogP contribution in [-0.2, 0) is 6.61 Å². The number of hydrogen-bond acceptors (Lipinski definition) is 4. The molecular weight excluding hydrogens is 310 g/mol. The van der Waals surface area contributed by atoms with Crippen LogP contribution in [0.5, 0.6) is 0 Å². The van der Waals surface area contributed by atoms with E-state index in [1.54, 1.807) is 0 Å². The summed E-state index contributed by atoms with van der Waals surface area (Å²) in [5.74, 6) is 0. The van der Waals surface area contributed by atoms with E-state index in [4.69, 9.17) is 0 Å². The van der Waals surface area contributed by atoms with Gasteiger partial charge in [-0.2, -0.15) is 0 Å². The molecular formula is C21H23N3O. The number of nitrogens with one attached hydrogen (secondary N) is 2. The third-order valence-electron chi connectivity index (χ3n) is 4.90. The molecule has 0 spiro atoms. The number of hydrogen-bond donors (Lipinski definition) is 3. The highest BCUT2D eigenvalue weighted by molar-refractivity contribution is 5.97. The third kappa shape index (κ3) is 3.50.